The van der Waals surface area contributed by atoms with Crippen LogP contribution in [0.3, 0.4) is 0 Å². The minimum Gasteiger partial charge on any atom is -0.481 e. The standard InChI is InChI=1S/C9H11ClN2O2/c1-9(11,5-7(13)14)6-3-2-4-12-8(6)10/h2-4H,5,11H2,1H3,(H,13,14). The number of hydrogen-bond acceptors (Lipinski definition) is 3. The van der Waals surface area contributed by atoms with E-state index >= 15 is 0 Å². The average Bonchev–Trinajstić information content (AvgIpc) is 2.02. The predicted octanol–water partition coefficient (Wildman–Crippen LogP) is 1.38. The summed E-state index contributed by atoms with van der Waals surface area (Å²) in [5.41, 5.74) is 5.39. The van der Waals surface area contributed by atoms with E-state index in [2.05, 4.69) is 4.98 Å². The van der Waals surface area contributed by atoms with Crippen LogP contribution in [0.1, 0.15) is 18.9 Å². The largest absolute Gasteiger partial charge is 0.481 e. The Labute approximate surface area is 86.7 Å². The minimum atomic E-state index is -0.989. The fourth-order valence-electron chi connectivity index (χ4n) is 1.22. The first-order valence-electron chi connectivity index (χ1n) is 4.05. The second-order valence-electron chi connectivity index (χ2n) is 3.33. The van der Waals surface area contributed by atoms with Crippen molar-refractivity contribution in [3.63, 3.8) is 0 Å². The Morgan fingerprint density at radius 2 is 2.43 bits per heavy atom. The van der Waals surface area contributed by atoms with Crippen LogP contribution in [0.15, 0.2) is 18.3 Å². The number of pyridine rings is 1. The fraction of sp³-hybridized carbons (Fsp3) is 0.333. The first-order valence-corrected chi connectivity index (χ1v) is 4.43. The van der Waals surface area contributed by atoms with Gasteiger partial charge in [-0.05, 0) is 13.0 Å². The van der Waals surface area contributed by atoms with Crippen molar-refractivity contribution in [1.82, 2.24) is 4.98 Å². The van der Waals surface area contributed by atoms with Gasteiger partial charge in [0.2, 0.25) is 0 Å². The zero-order chi connectivity index (χ0) is 10.8. The monoisotopic (exact) mass is 214 g/mol. The molecule has 1 rings (SSSR count). The maximum Gasteiger partial charge on any atom is 0.305 e. The minimum absolute atomic E-state index is 0.182. The third kappa shape index (κ3) is 2.43. The van der Waals surface area contributed by atoms with E-state index in [1.165, 1.54) is 6.20 Å². The van der Waals surface area contributed by atoms with Gasteiger partial charge in [0.25, 0.3) is 0 Å². The van der Waals surface area contributed by atoms with E-state index in [9.17, 15) is 4.79 Å². The van der Waals surface area contributed by atoms with E-state index < -0.39 is 11.5 Å². The third-order valence-electron chi connectivity index (χ3n) is 1.89. The lowest BCUT2D eigenvalue weighted by atomic mass is 9.91. The number of nitrogens with zero attached hydrogens (tertiary/aromatic N) is 1. The highest BCUT2D eigenvalue weighted by atomic mass is 35.5. The molecule has 0 saturated heterocycles. The Bertz CT molecular complexity index is 352. The van der Waals surface area contributed by atoms with Crippen molar-refractivity contribution in [2.45, 2.75) is 18.9 Å². The van der Waals surface area contributed by atoms with E-state index in [1.807, 2.05) is 0 Å². The molecule has 0 fully saturated rings. The predicted molar refractivity (Wildman–Crippen MR) is 53.0 cm³/mol. The molecular formula is C9H11ClN2O2. The molecule has 0 aliphatic heterocycles. The molecule has 0 saturated carbocycles. The Hall–Kier alpha value is -1.13. The second kappa shape index (κ2) is 3.94. The quantitative estimate of drug-likeness (QED) is 0.746. The van der Waals surface area contributed by atoms with Gasteiger partial charge in [-0.25, -0.2) is 4.98 Å². The fourth-order valence-corrected chi connectivity index (χ4v) is 1.56. The molecular weight excluding hydrogens is 204 g/mol. The van der Waals surface area contributed by atoms with Crippen LogP contribution < -0.4 is 5.73 Å². The molecule has 1 aromatic heterocycles. The van der Waals surface area contributed by atoms with Crippen LogP contribution in [0.4, 0.5) is 0 Å². The lowest BCUT2D eigenvalue weighted by Crippen LogP contribution is -2.36. The Kier molecular flexibility index (Phi) is 3.08. The van der Waals surface area contributed by atoms with Crippen molar-refractivity contribution >= 4 is 17.6 Å². The number of carboxylic acid groups (broad SMARTS) is 1. The summed E-state index contributed by atoms with van der Waals surface area (Å²) >= 11 is 5.81. The van der Waals surface area contributed by atoms with Crippen LogP contribution in [-0.2, 0) is 10.3 Å². The number of nitrogens with two attached hydrogens (primary N) is 1. The third-order valence-corrected chi connectivity index (χ3v) is 2.19. The number of hydrogen-bond donors (Lipinski definition) is 2. The van der Waals surface area contributed by atoms with E-state index in [1.54, 1.807) is 19.1 Å². The van der Waals surface area contributed by atoms with Crippen molar-refractivity contribution in [2.75, 3.05) is 0 Å². The molecule has 4 nitrogen and oxygen atoms in total. The van der Waals surface area contributed by atoms with Gasteiger partial charge in [0.1, 0.15) is 5.15 Å². The van der Waals surface area contributed by atoms with Gasteiger partial charge in [0, 0.05) is 11.8 Å². The molecule has 0 radical (unpaired) electrons. The number of carbonyl (C=O) groups is 1. The number of rotatable bonds is 3. The van der Waals surface area contributed by atoms with Crippen LogP contribution in [0, 0.1) is 0 Å². The number of carboxylic acids is 1. The highest BCUT2D eigenvalue weighted by Crippen LogP contribution is 2.26. The van der Waals surface area contributed by atoms with Gasteiger partial charge in [0.15, 0.2) is 0 Å². The van der Waals surface area contributed by atoms with Crippen molar-refractivity contribution < 1.29 is 9.90 Å². The molecule has 76 valence electrons. The molecule has 1 aromatic rings. The SMILES string of the molecule is CC(N)(CC(=O)O)c1cccnc1Cl. The van der Waals surface area contributed by atoms with Gasteiger partial charge in [-0.1, -0.05) is 17.7 Å². The molecule has 1 heterocycles. The molecule has 0 bridgehead atoms. The van der Waals surface area contributed by atoms with Crippen LogP contribution in [-0.4, -0.2) is 16.1 Å². The first-order chi connectivity index (χ1) is 6.43. The second-order valence-corrected chi connectivity index (χ2v) is 3.69. The van der Waals surface area contributed by atoms with Crippen molar-refractivity contribution in [2.24, 2.45) is 5.73 Å². The first kappa shape index (κ1) is 10.9. The van der Waals surface area contributed by atoms with E-state index in [0.29, 0.717) is 5.56 Å². The number of aromatic nitrogens is 1. The number of halogens is 1. The molecule has 0 amide bonds. The smallest absolute Gasteiger partial charge is 0.305 e. The summed E-state index contributed by atoms with van der Waals surface area (Å²) in [6.45, 7) is 1.62. The summed E-state index contributed by atoms with van der Waals surface area (Å²) in [6, 6.07) is 3.35. The van der Waals surface area contributed by atoms with Gasteiger partial charge in [-0.15, -0.1) is 0 Å². The highest BCUT2D eigenvalue weighted by Gasteiger charge is 2.27. The summed E-state index contributed by atoms with van der Waals surface area (Å²) in [5, 5.41) is 8.91. The summed E-state index contributed by atoms with van der Waals surface area (Å²) in [4.78, 5) is 14.4. The topological polar surface area (TPSA) is 76.2 Å². The van der Waals surface area contributed by atoms with Gasteiger partial charge in [-0.3, -0.25) is 4.79 Å². The maximum atomic E-state index is 10.6. The Morgan fingerprint density at radius 1 is 1.79 bits per heavy atom. The lowest BCUT2D eigenvalue weighted by molar-refractivity contribution is -0.138. The van der Waals surface area contributed by atoms with E-state index in [4.69, 9.17) is 22.4 Å². The Morgan fingerprint density at radius 3 is 2.93 bits per heavy atom. The van der Waals surface area contributed by atoms with Crippen molar-refractivity contribution in [3.8, 4) is 0 Å². The highest BCUT2D eigenvalue weighted by molar-refractivity contribution is 6.30. The van der Waals surface area contributed by atoms with Gasteiger partial charge >= 0.3 is 5.97 Å². The molecule has 5 heteroatoms. The molecule has 0 aliphatic rings. The average molecular weight is 215 g/mol. The zero-order valence-corrected chi connectivity index (χ0v) is 8.45. The lowest BCUT2D eigenvalue weighted by Gasteiger charge is -2.23. The maximum absolute atomic E-state index is 10.6. The van der Waals surface area contributed by atoms with Gasteiger partial charge in [-0.2, -0.15) is 0 Å². The van der Waals surface area contributed by atoms with Crippen LogP contribution in [0.25, 0.3) is 0 Å². The molecule has 0 spiro atoms. The Balaban J connectivity index is 3.03. The van der Waals surface area contributed by atoms with Gasteiger partial charge in [0.05, 0.1) is 12.0 Å². The number of aliphatic carboxylic acids is 1. The molecule has 0 aliphatic carbocycles. The van der Waals surface area contributed by atoms with Crippen molar-refractivity contribution in [3.05, 3.63) is 29.0 Å². The summed E-state index contributed by atoms with van der Waals surface area (Å²) < 4.78 is 0. The molecule has 1 atom stereocenters. The van der Waals surface area contributed by atoms with Crippen LogP contribution in [0.5, 0.6) is 0 Å². The molecule has 3 N–H and O–H groups in total. The van der Waals surface area contributed by atoms with E-state index in [0.717, 1.165) is 0 Å². The molecule has 1 unspecified atom stereocenters. The van der Waals surface area contributed by atoms with Crippen LogP contribution >= 0.6 is 11.6 Å². The summed E-state index contributed by atoms with van der Waals surface area (Å²) in [6.07, 6.45) is 1.35. The zero-order valence-electron chi connectivity index (χ0n) is 7.70. The van der Waals surface area contributed by atoms with Crippen molar-refractivity contribution in [1.29, 1.82) is 0 Å². The van der Waals surface area contributed by atoms with Crippen LogP contribution in [0.2, 0.25) is 5.15 Å². The molecule has 14 heavy (non-hydrogen) atoms. The summed E-state index contributed by atoms with van der Waals surface area (Å²) in [5.74, 6) is -0.963. The normalized spacial score (nSPS) is 14.8. The van der Waals surface area contributed by atoms with E-state index in [-0.39, 0.29) is 11.6 Å². The molecule has 0 aromatic carbocycles. The van der Waals surface area contributed by atoms with Gasteiger partial charge < -0.3 is 10.8 Å². The summed E-state index contributed by atoms with van der Waals surface area (Å²) in [7, 11) is 0.